The van der Waals surface area contributed by atoms with Gasteiger partial charge in [-0.3, -0.25) is 9.59 Å². The van der Waals surface area contributed by atoms with Crippen LogP contribution in [0.5, 0.6) is 5.75 Å². The monoisotopic (exact) mass is 408 g/mol. The largest absolute Gasteiger partial charge is 0.497 e. The van der Waals surface area contributed by atoms with Gasteiger partial charge in [0.25, 0.3) is 0 Å². The third kappa shape index (κ3) is 5.90. The van der Waals surface area contributed by atoms with Gasteiger partial charge in [-0.2, -0.15) is 0 Å². The van der Waals surface area contributed by atoms with Crippen LogP contribution in [0.25, 0.3) is 0 Å². The van der Waals surface area contributed by atoms with Crippen LogP contribution in [0.15, 0.2) is 53.0 Å². The van der Waals surface area contributed by atoms with Crippen molar-refractivity contribution in [3.63, 3.8) is 0 Å². The molecule has 0 spiro atoms. The summed E-state index contributed by atoms with van der Waals surface area (Å²) in [7, 11) is 1.59. The Labute approximate surface area is 153 Å². The third-order valence-electron chi connectivity index (χ3n) is 2.99. The molecule has 2 N–H and O–H groups in total. The molecular formula is C17H17BrN2O3S. The zero-order valence-electron chi connectivity index (χ0n) is 13.0. The predicted octanol–water partition coefficient (Wildman–Crippen LogP) is 3.77. The molecule has 2 aromatic rings. The molecule has 2 amide bonds. The van der Waals surface area contributed by atoms with E-state index in [0.29, 0.717) is 11.4 Å². The van der Waals surface area contributed by atoms with Crippen LogP contribution in [0.1, 0.15) is 0 Å². The fourth-order valence-corrected chi connectivity index (χ4v) is 2.86. The van der Waals surface area contributed by atoms with Gasteiger partial charge in [0.1, 0.15) is 5.75 Å². The second-order valence-electron chi connectivity index (χ2n) is 4.80. The number of ether oxygens (including phenoxy) is 1. The van der Waals surface area contributed by atoms with Crippen LogP contribution in [0.2, 0.25) is 0 Å². The van der Waals surface area contributed by atoms with Crippen molar-refractivity contribution in [2.45, 2.75) is 0 Å². The van der Waals surface area contributed by atoms with Crippen molar-refractivity contribution < 1.29 is 14.3 Å². The molecule has 0 unspecified atom stereocenters. The summed E-state index contributed by atoms with van der Waals surface area (Å²) in [6.45, 7) is 0. The van der Waals surface area contributed by atoms with Gasteiger partial charge in [-0.05, 0) is 52.3 Å². The van der Waals surface area contributed by atoms with E-state index in [2.05, 4.69) is 26.6 Å². The van der Waals surface area contributed by atoms with E-state index in [1.165, 1.54) is 11.8 Å². The third-order valence-corrected chi connectivity index (χ3v) is 4.61. The molecule has 5 nitrogen and oxygen atoms in total. The highest BCUT2D eigenvalue weighted by Gasteiger charge is 2.08. The number of carbonyl (C=O) groups is 2. The summed E-state index contributed by atoms with van der Waals surface area (Å²) < 4.78 is 5.88. The Kier molecular flexibility index (Phi) is 7.14. The highest BCUT2D eigenvalue weighted by atomic mass is 79.9. The lowest BCUT2D eigenvalue weighted by Crippen LogP contribution is -2.18. The lowest BCUT2D eigenvalue weighted by molar-refractivity contribution is -0.114. The average molecular weight is 409 g/mol. The molecule has 2 aromatic carbocycles. The predicted molar refractivity (Wildman–Crippen MR) is 102 cm³/mol. The fraction of sp³-hybridized carbons (Fsp3) is 0.176. The Balaban J connectivity index is 1.71. The van der Waals surface area contributed by atoms with Crippen LogP contribution in [0, 0.1) is 0 Å². The Bertz CT molecular complexity index is 707. The van der Waals surface area contributed by atoms with Crippen molar-refractivity contribution in [2.75, 3.05) is 29.2 Å². The molecule has 0 aromatic heterocycles. The van der Waals surface area contributed by atoms with Gasteiger partial charge in [0.2, 0.25) is 11.8 Å². The molecule has 2 rings (SSSR count). The van der Waals surface area contributed by atoms with Crippen molar-refractivity contribution >= 4 is 50.9 Å². The molecule has 0 saturated carbocycles. The summed E-state index contributed by atoms with van der Waals surface area (Å²) in [6.07, 6.45) is 0. The molecule has 0 fully saturated rings. The van der Waals surface area contributed by atoms with Crippen molar-refractivity contribution in [3.05, 3.63) is 53.0 Å². The van der Waals surface area contributed by atoms with Crippen LogP contribution in [-0.2, 0) is 9.59 Å². The Hall–Kier alpha value is -1.99. The maximum atomic E-state index is 11.9. The van der Waals surface area contributed by atoms with E-state index in [1.807, 2.05) is 24.3 Å². The highest BCUT2D eigenvalue weighted by molar-refractivity contribution is 9.10. The topological polar surface area (TPSA) is 67.4 Å². The van der Waals surface area contributed by atoms with Gasteiger partial charge >= 0.3 is 0 Å². The second kappa shape index (κ2) is 9.34. The summed E-state index contributed by atoms with van der Waals surface area (Å²) >= 11 is 4.63. The van der Waals surface area contributed by atoms with E-state index in [4.69, 9.17) is 4.74 Å². The Morgan fingerprint density at radius 1 is 1.00 bits per heavy atom. The van der Waals surface area contributed by atoms with Crippen LogP contribution in [0.3, 0.4) is 0 Å². The Morgan fingerprint density at radius 3 is 2.25 bits per heavy atom. The van der Waals surface area contributed by atoms with Crippen molar-refractivity contribution in [1.29, 1.82) is 0 Å². The molecule has 24 heavy (non-hydrogen) atoms. The van der Waals surface area contributed by atoms with Gasteiger partial charge in [0.15, 0.2) is 0 Å². The highest BCUT2D eigenvalue weighted by Crippen LogP contribution is 2.21. The number of hydrogen-bond donors (Lipinski definition) is 2. The van der Waals surface area contributed by atoms with Crippen molar-refractivity contribution in [3.8, 4) is 5.75 Å². The van der Waals surface area contributed by atoms with Crippen LogP contribution >= 0.6 is 27.7 Å². The molecule has 126 valence electrons. The van der Waals surface area contributed by atoms with E-state index in [0.717, 1.165) is 10.2 Å². The first kappa shape index (κ1) is 18.4. The van der Waals surface area contributed by atoms with E-state index in [-0.39, 0.29) is 23.3 Å². The number of anilines is 2. The lowest BCUT2D eigenvalue weighted by atomic mass is 10.3. The molecule has 0 radical (unpaired) electrons. The molecule has 7 heteroatoms. The first-order chi connectivity index (χ1) is 11.6. The smallest absolute Gasteiger partial charge is 0.234 e. The van der Waals surface area contributed by atoms with Gasteiger partial charge in [-0.1, -0.05) is 12.1 Å². The number of halogens is 1. The van der Waals surface area contributed by atoms with Gasteiger partial charge in [0.05, 0.1) is 24.3 Å². The van der Waals surface area contributed by atoms with E-state index in [9.17, 15) is 9.59 Å². The minimum Gasteiger partial charge on any atom is -0.497 e. The zero-order chi connectivity index (χ0) is 17.4. The summed E-state index contributed by atoms with van der Waals surface area (Å²) in [4.78, 5) is 23.7. The molecule has 0 aliphatic heterocycles. The number of benzene rings is 2. The summed E-state index contributed by atoms with van der Waals surface area (Å²) in [5.74, 6) is 0.835. The summed E-state index contributed by atoms with van der Waals surface area (Å²) in [5.41, 5.74) is 1.41. The van der Waals surface area contributed by atoms with Crippen LogP contribution in [0.4, 0.5) is 11.4 Å². The standard InChI is InChI=1S/C17H17BrN2O3S/c1-23-13-8-6-12(7-9-13)19-16(21)10-24-11-17(22)20-15-5-3-2-4-14(15)18/h2-9H,10-11H2,1H3,(H,19,21)(H,20,22). The van der Waals surface area contributed by atoms with Crippen LogP contribution in [-0.4, -0.2) is 30.4 Å². The zero-order valence-corrected chi connectivity index (χ0v) is 15.4. The Morgan fingerprint density at radius 2 is 1.62 bits per heavy atom. The van der Waals surface area contributed by atoms with Crippen molar-refractivity contribution in [1.82, 2.24) is 0 Å². The van der Waals surface area contributed by atoms with Gasteiger partial charge in [0, 0.05) is 10.2 Å². The number of carbonyl (C=O) groups excluding carboxylic acids is 2. The number of para-hydroxylation sites is 1. The van der Waals surface area contributed by atoms with E-state index < -0.39 is 0 Å². The summed E-state index contributed by atoms with van der Waals surface area (Å²) in [5, 5.41) is 5.57. The van der Waals surface area contributed by atoms with Gasteiger partial charge in [-0.25, -0.2) is 0 Å². The number of rotatable bonds is 7. The molecule has 0 atom stereocenters. The van der Waals surface area contributed by atoms with Crippen LogP contribution < -0.4 is 15.4 Å². The number of hydrogen-bond acceptors (Lipinski definition) is 4. The normalized spacial score (nSPS) is 10.1. The van der Waals surface area contributed by atoms with E-state index >= 15 is 0 Å². The maximum Gasteiger partial charge on any atom is 0.234 e. The number of methoxy groups -OCH3 is 1. The lowest BCUT2D eigenvalue weighted by Gasteiger charge is -2.08. The number of nitrogens with one attached hydrogen (secondary N) is 2. The second-order valence-corrected chi connectivity index (χ2v) is 6.64. The molecule has 0 saturated heterocycles. The first-order valence-electron chi connectivity index (χ1n) is 7.14. The molecule has 0 bridgehead atoms. The molecule has 0 heterocycles. The molecule has 0 aliphatic rings. The van der Waals surface area contributed by atoms with Gasteiger partial charge in [-0.15, -0.1) is 11.8 Å². The SMILES string of the molecule is COc1ccc(NC(=O)CSCC(=O)Nc2ccccc2Br)cc1. The first-order valence-corrected chi connectivity index (χ1v) is 9.09. The number of thioether (sulfide) groups is 1. The minimum absolute atomic E-state index is 0.149. The molecular weight excluding hydrogens is 392 g/mol. The van der Waals surface area contributed by atoms with E-state index in [1.54, 1.807) is 31.4 Å². The van der Waals surface area contributed by atoms with Crippen molar-refractivity contribution in [2.24, 2.45) is 0 Å². The summed E-state index contributed by atoms with van der Waals surface area (Å²) in [6, 6.07) is 14.5. The van der Waals surface area contributed by atoms with Gasteiger partial charge < -0.3 is 15.4 Å². The average Bonchev–Trinajstić information content (AvgIpc) is 2.57. The number of amides is 2. The maximum absolute atomic E-state index is 11.9. The fourth-order valence-electron chi connectivity index (χ4n) is 1.86. The minimum atomic E-state index is -0.154. The quantitative estimate of drug-likeness (QED) is 0.731. The molecule has 0 aliphatic carbocycles.